The Kier molecular flexibility index (Phi) is 4.45. The number of pyridine rings is 1. The Morgan fingerprint density at radius 3 is 2.42 bits per heavy atom. The van der Waals surface area contributed by atoms with E-state index in [2.05, 4.69) is 15.6 Å². The summed E-state index contributed by atoms with van der Waals surface area (Å²) in [6.45, 7) is 0.832. The minimum atomic E-state index is -1.18. The highest BCUT2D eigenvalue weighted by molar-refractivity contribution is 5.93. The highest BCUT2D eigenvalue weighted by Crippen LogP contribution is 2.38. The molecule has 7 heteroatoms. The third-order valence-corrected chi connectivity index (χ3v) is 5.12. The fourth-order valence-corrected chi connectivity index (χ4v) is 3.28. The zero-order valence-corrected chi connectivity index (χ0v) is 13.6. The van der Waals surface area contributed by atoms with Crippen molar-refractivity contribution >= 4 is 11.8 Å². The van der Waals surface area contributed by atoms with Gasteiger partial charge in [0.1, 0.15) is 11.2 Å². The van der Waals surface area contributed by atoms with Crippen LogP contribution in [0.3, 0.4) is 0 Å². The van der Waals surface area contributed by atoms with Crippen LogP contribution in [0.2, 0.25) is 0 Å². The van der Waals surface area contributed by atoms with Crippen molar-refractivity contribution in [2.75, 3.05) is 13.1 Å². The summed E-state index contributed by atoms with van der Waals surface area (Å²) in [6, 6.07) is 3.10. The molecule has 130 valence electrons. The SMILES string of the molecule is O=C(NCC1(CNC(=O)C2(O)CC2)CCCC1)c1ccc[nH]c1=O. The van der Waals surface area contributed by atoms with E-state index < -0.39 is 17.1 Å². The molecule has 2 saturated carbocycles. The van der Waals surface area contributed by atoms with Gasteiger partial charge in [0.25, 0.3) is 17.4 Å². The van der Waals surface area contributed by atoms with Crippen LogP contribution >= 0.6 is 0 Å². The van der Waals surface area contributed by atoms with Crippen LogP contribution < -0.4 is 16.2 Å². The molecule has 2 aliphatic carbocycles. The summed E-state index contributed by atoms with van der Waals surface area (Å²) in [6.07, 6.45) is 6.40. The van der Waals surface area contributed by atoms with Gasteiger partial charge in [-0.3, -0.25) is 14.4 Å². The molecule has 2 amide bonds. The molecule has 0 atom stereocenters. The quantitative estimate of drug-likeness (QED) is 0.600. The molecule has 0 unspecified atom stereocenters. The number of H-pyrrole nitrogens is 1. The molecular weight excluding hydrogens is 310 g/mol. The van der Waals surface area contributed by atoms with Crippen molar-refractivity contribution < 1.29 is 14.7 Å². The van der Waals surface area contributed by atoms with Crippen molar-refractivity contribution in [1.82, 2.24) is 15.6 Å². The summed E-state index contributed by atoms with van der Waals surface area (Å²) >= 11 is 0. The van der Waals surface area contributed by atoms with Crippen molar-refractivity contribution in [2.45, 2.75) is 44.1 Å². The highest BCUT2D eigenvalue weighted by atomic mass is 16.3. The lowest BCUT2D eigenvalue weighted by Gasteiger charge is -2.30. The first-order valence-corrected chi connectivity index (χ1v) is 8.41. The number of aromatic nitrogens is 1. The largest absolute Gasteiger partial charge is 0.380 e. The van der Waals surface area contributed by atoms with E-state index in [-0.39, 0.29) is 16.9 Å². The molecule has 2 fully saturated rings. The summed E-state index contributed by atoms with van der Waals surface area (Å²) in [5.41, 5.74) is -1.72. The lowest BCUT2D eigenvalue weighted by Crippen LogP contribution is -2.47. The number of carbonyl (C=O) groups is 2. The van der Waals surface area contributed by atoms with E-state index in [0.717, 1.165) is 25.7 Å². The predicted octanol–water partition coefficient (Wildman–Crippen LogP) is 0.306. The van der Waals surface area contributed by atoms with E-state index in [1.807, 2.05) is 0 Å². The minimum absolute atomic E-state index is 0.0852. The second kappa shape index (κ2) is 6.39. The van der Waals surface area contributed by atoms with Crippen LogP contribution in [-0.4, -0.2) is 40.6 Å². The molecule has 1 aromatic rings. The van der Waals surface area contributed by atoms with Gasteiger partial charge < -0.3 is 20.7 Å². The predicted molar refractivity (Wildman–Crippen MR) is 87.5 cm³/mol. The number of hydrogen-bond donors (Lipinski definition) is 4. The topological polar surface area (TPSA) is 111 Å². The van der Waals surface area contributed by atoms with Gasteiger partial charge in [-0.1, -0.05) is 12.8 Å². The monoisotopic (exact) mass is 333 g/mol. The second-order valence-electron chi connectivity index (χ2n) is 7.02. The molecule has 0 saturated heterocycles. The standard InChI is InChI=1S/C17H23N3O4/c21-13-12(4-3-9-18-13)14(22)19-10-16(5-1-2-6-16)11-20-15(23)17(24)7-8-17/h3-4,9,24H,1-2,5-8,10-11H2,(H,18,21)(H,19,22)(H,20,23). The van der Waals surface area contributed by atoms with Crippen LogP contribution in [0, 0.1) is 5.41 Å². The number of nitrogens with one attached hydrogen (secondary N) is 3. The molecule has 1 aromatic heterocycles. The summed E-state index contributed by atoms with van der Waals surface area (Å²) in [7, 11) is 0. The first-order valence-electron chi connectivity index (χ1n) is 8.41. The Balaban J connectivity index is 1.59. The fourth-order valence-electron chi connectivity index (χ4n) is 3.28. The number of aliphatic hydroxyl groups is 1. The molecule has 2 aliphatic rings. The smallest absolute Gasteiger partial charge is 0.260 e. The van der Waals surface area contributed by atoms with Crippen molar-refractivity contribution in [3.05, 3.63) is 34.2 Å². The van der Waals surface area contributed by atoms with E-state index in [4.69, 9.17) is 0 Å². The van der Waals surface area contributed by atoms with Gasteiger partial charge in [0, 0.05) is 24.7 Å². The fraction of sp³-hybridized carbons (Fsp3) is 0.588. The average molecular weight is 333 g/mol. The van der Waals surface area contributed by atoms with Crippen LogP contribution in [0.15, 0.2) is 23.1 Å². The Hall–Kier alpha value is -2.15. The van der Waals surface area contributed by atoms with E-state index in [0.29, 0.717) is 25.9 Å². The summed E-state index contributed by atoms with van der Waals surface area (Å²) in [5.74, 6) is -0.727. The van der Waals surface area contributed by atoms with E-state index >= 15 is 0 Å². The maximum absolute atomic E-state index is 12.2. The number of amides is 2. The molecule has 0 radical (unpaired) electrons. The number of rotatable bonds is 6. The van der Waals surface area contributed by atoms with Crippen molar-refractivity contribution in [3.8, 4) is 0 Å². The van der Waals surface area contributed by atoms with E-state index in [9.17, 15) is 19.5 Å². The second-order valence-corrected chi connectivity index (χ2v) is 7.02. The summed E-state index contributed by atoms with van der Waals surface area (Å²) in [4.78, 5) is 38.3. The molecule has 3 rings (SSSR count). The van der Waals surface area contributed by atoms with E-state index in [1.54, 1.807) is 6.07 Å². The number of aromatic amines is 1. The van der Waals surface area contributed by atoms with Crippen molar-refractivity contribution in [2.24, 2.45) is 5.41 Å². The van der Waals surface area contributed by atoms with Crippen molar-refractivity contribution in [3.63, 3.8) is 0 Å². The lowest BCUT2D eigenvalue weighted by atomic mass is 9.85. The Bertz CT molecular complexity index is 687. The summed E-state index contributed by atoms with van der Waals surface area (Å²) < 4.78 is 0. The van der Waals surface area contributed by atoms with Gasteiger partial charge >= 0.3 is 0 Å². The average Bonchev–Trinajstić information content (AvgIpc) is 3.16. The van der Waals surface area contributed by atoms with Crippen LogP contribution in [0.1, 0.15) is 48.9 Å². The molecule has 4 N–H and O–H groups in total. The van der Waals surface area contributed by atoms with Crippen molar-refractivity contribution in [1.29, 1.82) is 0 Å². The Morgan fingerprint density at radius 1 is 1.12 bits per heavy atom. The number of hydrogen-bond acceptors (Lipinski definition) is 4. The third kappa shape index (κ3) is 3.51. The van der Waals surface area contributed by atoms with Gasteiger partial charge in [-0.2, -0.15) is 0 Å². The maximum Gasteiger partial charge on any atom is 0.260 e. The van der Waals surface area contributed by atoms with Gasteiger partial charge in [0.2, 0.25) is 0 Å². The molecule has 0 bridgehead atoms. The van der Waals surface area contributed by atoms with Crippen LogP contribution in [0.5, 0.6) is 0 Å². The zero-order chi connectivity index (χ0) is 17.2. The first kappa shape index (κ1) is 16.7. The molecule has 7 nitrogen and oxygen atoms in total. The first-order chi connectivity index (χ1) is 11.4. The molecule has 0 aliphatic heterocycles. The molecule has 24 heavy (non-hydrogen) atoms. The Morgan fingerprint density at radius 2 is 1.79 bits per heavy atom. The van der Waals surface area contributed by atoms with Crippen LogP contribution in [0.4, 0.5) is 0 Å². The van der Waals surface area contributed by atoms with Gasteiger partial charge in [0.15, 0.2) is 0 Å². The third-order valence-electron chi connectivity index (χ3n) is 5.12. The number of carbonyl (C=O) groups excluding carboxylic acids is 2. The van der Waals surface area contributed by atoms with Gasteiger partial charge in [-0.05, 0) is 37.8 Å². The maximum atomic E-state index is 12.2. The van der Waals surface area contributed by atoms with E-state index in [1.165, 1.54) is 12.3 Å². The lowest BCUT2D eigenvalue weighted by molar-refractivity contribution is -0.131. The highest BCUT2D eigenvalue weighted by Gasteiger charge is 2.48. The molecular formula is C17H23N3O4. The zero-order valence-electron chi connectivity index (χ0n) is 13.6. The normalized spacial score (nSPS) is 20.4. The Labute approximate surface area is 139 Å². The van der Waals surface area contributed by atoms with Crippen LogP contribution in [-0.2, 0) is 4.79 Å². The molecule has 0 aromatic carbocycles. The van der Waals surface area contributed by atoms with Crippen LogP contribution in [0.25, 0.3) is 0 Å². The molecule has 0 spiro atoms. The van der Waals surface area contributed by atoms with Gasteiger partial charge in [0.05, 0.1) is 0 Å². The molecule has 1 heterocycles. The summed E-state index contributed by atoms with van der Waals surface area (Å²) in [5, 5.41) is 15.5. The minimum Gasteiger partial charge on any atom is -0.380 e. The van der Waals surface area contributed by atoms with Gasteiger partial charge in [-0.25, -0.2) is 0 Å². The van der Waals surface area contributed by atoms with Gasteiger partial charge in [-0.15, -0.1) is 0 Å².